The number of hydrogen-bond donors (Lipinski definition) is 2. The molecular weight excluding hydrogens is 264 g/mol. The molecule has 21 heavy (non-hydrogen) atoms. The number of carbonyl (C=O) groups excluding carboxylic acids is 1. The number of aryl methyl sites for hydroxylation is 1. The average molecular weight is 292 g/mol. The lowest BCUT2D eigenvalue weighted by molar-refractivity contribution is -0.127. The number of amides is 1. The first kappa shape index (κ1) is 17.5. The molecule has 118 valence electrons. The number of hydrogen-bond acceptors (Lipinski definition) is 3. The number of ether oxygens (including phenoxy) is 1. The van der Waals surface area contributed by atoms with Gasteiger partial charge in [0.25, 0.3) is 5.91 Å². The highest BCUT2D eigenvalue weighted by atomic mass is 16.5. The standard InChI is InChI=1S/C17H28N2O2/c1-6-13(4)19-17(20)14(5)21-16-12(3)9-8-10-15(16)11-18-7-2/h8-10,13-14,18H,6-7,11H2,1-5H3,(H,19,20). The second kappa shape index (κ2) is 8.67. The lowest BCUT2D eigenvalue weighted by Crippen LogP contribution is -2.41. The van der Waals surface area contributed by atoms with Crippen LogP contribution in [0.15, 0.2) is 18.2 Å². The smallest absolute Gasteiger partial charge is 0.260 e. The average Bonchev–Trinajstić information content (AvgIpc) is 2.47. The Morgan fingerprint density at radius 3 is 2.62 bits per heavy atom. The summed E-state index contributed by atoms with van der Waals surface area (Å²) in [6.07, 6.45) is 0.412. The van der Waals surface area contributed by atoms with Gasteiger partial charge in [-0.15, -0.1) is 0 Å². The molecule has 1 rings (SSSR count). The predicted molar refractivity (Wildman–Crippen MR) is 86.5 cm³/mol. The third kappa shape index (κ3) is 5.38. The van der Waals surface area contributed by atoms with Crippen molar-refractivity contribution in [3.8, 4) is 5.75 Å². The van der Waals surface area contributed by atoms with Crippen LogP contribution in [-0.4, -0.2) is 24.6 Å². The minimum Gasteiger partial charge on any atom is -0.480 e. The largest absolute Gasteiger partial charge is 0.480 e. The van der Waals surface area contributed by atoms with Crippen LogP contribution in [0.2, 0.25) is 0 Å². The lowest BCUT2D eigenvalue weighted by atomic mass is 10.1. The molecule has 4 nitrogen and oxygen atoms in total. The molecule has 2 atom stereocenters. The van der Waals surface area contributed by atoms with Crippen LogP contribution < -0.4 is 15.4 Å². The second-order valence-electron chi connectivity index (χ2n) is 5.42. The van der Waals surface area contributed by atoms with Crippen molar-refractivity contribution in [2.45, 2.75) is 59.7 Å². The minimum atomic E-state index is -0.500. The highest BCUT2D eigenvalue weighted by molar-refractivity contribution is 5.81. The van der Waals surface area contributed by atoms with Gasteiger partial charge in [-0.05, 0) is 39.3 Å². The summed E-state index contributed by atoms with van der Waals surface area (Å²) in [6, 6.07) is 6.22. The number of nitrogens with one attached hydrogen (secondary N) is 2. The molecule has 0 spiro atoms. The molecule has 1 aromatic rings. The summed E-state index contributed by atoms with van der Waals surface area (Å²) < 4.78 is 5.93. The van der Waals surface area contributed by atoms with E-state index in [1.165, 1.54) is 0 Å². The number of carbonyl (C=O) groups is 1. The van der Waals surface area contributed by atoms with E-state index in [4.69, 9.17) is 4.74 Å². The van der Waals surface area contributed by atoms with Gasteiger partial charge in [-0.3, -0.25) is 4.79 Å². The summed E-state index contributed by atoms with van der Waals surface area (Å²) >= 11 is 0. The Bertz CT molecular complexity index is 460. The Hall–Kier alpha value is -1.55. The van der Waals surface area contributed by atoms with Crippen molar-refractivity contribution < 1.29 is 9.53 Å². The van der Waals surface area contributed by atoms with Crippen molar-refractivity contribution in [3.05, 3.63) is 29.3 Å². The van der Waals surface area contributed by atoms with Crippen molar-refractivity contribution in [2.75, 3.05) is 6.54 Å². The molecule has 2 N–H and O–H groups in total. The van der Waals surface area contributed by atoms with E-state index in [-0.39, 0.29) is 11.9 Å². The van der Waals surface area contributed by atoms with Gasteiger partial charge in [-0.2, -0.15) is 0 Å². The highest BCUT2D eigenvalue weighted by Crippen LogP contribution is 2.24. The number of para-hydroxylation sites is 1. The molecule has 0 aromatic heterocycles. The Kier molecular flexibility index (Phi) is 7.23. The molecule has 0 radical (unpaired) electrons. The van der Waals surface area contributed by atoms with E-state index in [9.17, 15) is 4.79 Å². The molecule has 0 bridgehead atoms. The highest BCUT2D eigenvalue weighted by Gasteiger charge is 2.18. The van der Waals surface area contributed by atoms with Crippen LogP contribution in [-0.2, 0) is 11.3 Å². The van der Waals surface area contributed by atoms with Crippen LogP contribution in [0.25, 0.3) is 0 Å². The summed E-state index contributed by atoms with van der Waals surface area (Å²) in [6.45, 7) is 11.6. The third-order valence-corrected chi connectivity index (χ3v) is 3.52. The van der Waals surface area contributed by atoms with Crippen LogP contribution >= 0.6 is 0 Å². The molecule has 0 saturated carbocycles. The first-order valence-corrected chi connectivity index (χ1v) is 7.75. The fraction of sp³-hybridized carbons (Fsp3) is 0.588. The Morgan fingerprint density at radius 2 is 2.00 bits per heavy atom. The molecule has 0 fully saturated rings. The zero-order valence-electron chi connectivity index (χ0n) is 13.8. The maximum Gasteiger partial charge on any atom is 0.260 e. The van der Waals surface area contributed by atoms with Gasteiger partial charge >= 0.3 is 0 Å². The first-order chi connectivity index (χ1) is 9.99. The number of rotatable bonds is 8. The number of benzene rings is 1. The fourth-order valence-electron chi connectivity index (χ4n) is 1.97. The van der Waals surface area contributed by atoms with Gasteiger partial charge in [-0.1, -0.05) is 32.0 Å². The van der Waals surface area contributed by atoms with Crippen LogP contribution in [0.3, 0.4) is 0 Å². The topological polar surface area (TPSA) is 50.4 Å². The van der Waals surface area contributed by atoms with E-state index < -0.39 is 6.10 Å². The molecule has 1 aromatic carbocycles. The van der Waals surface area contributed by atoms with Gasteiger partial charge < -0.3 is 15.4 Å². The fourth-order valence-corrected chi connectivity index (χ4v) is 1.97. The van der Waals surface area contributed by atoms with E-state index in [1.807, 2.05) is 39.0 Å². The molecule has 4 heteroatoms. The summed E-state index contributed by atoms with van der Waals surface area (Å²) in [5.74, 6) is 0.743. The maximum atomic E-state index is 12.1. The van der Waals surface area contributed by atoms with Crippen LogP contribution in [0.1, 0.15) is 45.2 Å². The van der Waals surface area contributed by atoms with Crippen molar-refractivity contribution in [2.24, 2.45) is 0 Å². The van der Waals surface area contributed by atoms with Crippen molar-refractivity contribution >= 4 is 5.91 Å². The quantitative estimate of drug-likeness (QED) is 0.774. The molecule has 2 unspecified atom stereocenters. The molecule has 0 heterocycles. The van der Waals surface area contributed by atoms with E-state index in [2.05, 4.69) is 17.6 Å². The minimum absolute atomic E-state index is 0.0676. The zero-order chi connectivity index (χ0) is 15.8. The predicted octanol–water partition coefficient (Wildman–Crippen LogP) is 2.79. The molecular formula is C17H28N2O2. The monoisotopic (exact) mass is 292 g/mol. The normalized spacial score (nSPS) is 13.6. The van der Waals surface area contributed by atoms with Gasteiger partial charge in [-0.25, -0.2) is 0 Å². The Morgan fingerprint density at radius 1 is 1.29 bits per heavy atom. The van der Waals surface area contributed by atoms with Gasteiger partial charge in [0.1, 0.15) is 5.75 Å². The van der Waals surface area contributed by atoms with Crippen LogP contribution in [0, 0.1) is 6.92 Å². The summed E-state index contributed by atoms with van der Waals surface area (Å²) in [4.78, 5) is 12.1. The SMILES string of the molecule is CCNCc1cccc(C)c1OC(C)C(=O)NC(C)CC. The lowest BCUT2D eigenvalue weighted by Gasteiger charge is -2.21. The Balaban J connectivity index is 2.78. The molecule has 0 aliphatic heterocycles. The van der Waals surface area contributed by atoms with Crippen molar-refractivity contribution in [1.29, 1.82) is 0 Å². The maximum absolute atomic E-state index is 12.1. The van der Waals surface area contributed by atoms with E-state index in [0.717, 1.165) is 36.4 Å². The third-order valence-electron chi connectivity index (χ3n) is 3.52. The van der Waals surface area contributed by atoms with Crippen LogP contribution in [0.4, 0.5) is 0 Å². The molecule has 0 aliphatic rings. The van der Waals surface area contributed by atoms with Crippen LogP contribution in [0.5, 0.6) is 5.75 Å². The first-order valence-electron chi connectivity index (χ1n) is 7.75. The molecule has 0 saturated heterocycles. The van der Waals surface area contributed by atoms with Gasteiger partial charge in [0.05, 0.1) is 0 Å². The van der Waals surface area contributed by atoms with Crippen molar-refractivity contribution in [1.82, 2.24) is 10.6 Å². The summed E-state index contributed by atoms with van der Waals surface area (Å²) in [5.41, 5.74) is 2.13. The molecule has 0 aliphatic carbocycles. The zero-order valence-corrected chi connectivity index (χ0v) is 13.8. The van der Waals surface area contributed by atoms with Gasteiger partial charge in [0.15, 0.2) is 6.10 Å². The Labute approximate surface area is 128 Å². The molecule has 1 amide bonds. The second-order valence-corrected chi connectivity index (χ2v) is 5.42. The van der Waals surface area contributed by atoms with Crippen molar-refractivity contribution in [3.63, 3.8) is 0 Å². The van der Waals surface area contributed by atoms with E-state index in [1.54, 1.807) is 6.92 Å². The summed E-state index contributed by atoms with van der Waals surface area (Å²) in [7, 11) is 0. The van der Waals surface area contributed by atoms with Gasteiger partial charge in [0.2, 0.25) is 0 Å². The van der Waals surface area contributed by atoms with E-state index >= 15 is 0 Å². The van der Waals surface area contributed by atoms with E-state index in [0.29, 0.717) is 0 Å². The van der Waals surface area contributed by atoms with Gasteiger partial charge in [0, 0.05) is 18.2 Å². The summed E-state index contributed by atoms with van der Waals surface area (Å²) in [5, 5.41) is 6.25.